The second-order valence-corrected chi connectivity index (χ2v) is 5.24. The summed E-state index contributed by atoms with van der Waals surface area (Å²) in [6, 6.07) is 3.48. The molecule has 110 valence electrons. The molecule has 3 N–H and O–H groups in total. The molecule has 20 heavy (non-hydrogen) atoms. The third kappa shape index (κ3) is 3.46. The van der Waals surface area contributed by atoms with Gasteiger partial charge in [-0.1, -0.05) is 0 Å². The lowest BCUT2D eigenvalue weighted by Crippen LogP contribution is -2.41. The SMILES string of the molecule is COCC1CCCN(C(=O)c2cc(C)nc(NN)c2)C1. The van der Waals surface area contributed by atoms with Crippen molar-refractivity contribution < 1.29 is 9.53 Å². The number of piperidine rings is 1. The van der Waals surface area contributed by atoms with Crippen LogP contribution in [0.5, 0.6) is 0 Å². The van der Waals surface area contributed by atoms with Gasteiger partial charge < -0.3 is 15.1 Å². The number of hydrogen-bond donors (Lipinski definition) is 2. The highest BCUT2D eigenvalue weighted by atomic mass is 16.5. The normalized spacial score (nSPS) is 18.9. The molecule has 0 bridgehead atoms. The zero-order chi connectivity index (χ0) is 14.5. The zero-order valence-corrected chi connectivity index (χ0v) is 12.1. The molecule has 0 aliphatic carbocycles. The van der Waals surface area contributed by atoms with Crippen molar-refractivity contribution in [3.05, 3.63) is 23.4 Å². The zero-order valence-electron chi connectivity index (χ0n) is 12.1. The van der Waals surface area contributed by atoms with E-state index in [2.05, 4.69) is 10.4 Å². The molecule has 1 saturated heterocycles. The van der Waals surface area contributed by atoms with Crippen molar-refractivity contribution in [3.63, 3.8) is 0 Å². The van der Waals surface area contributed by atoms with E-state index in [1.165, 1.54) is 0 Å². The van der Waals surface area contributed by atoms with E-state index in [1.54, 1.807) is 19.2 Å². The monoisotopic (exact) mass is 278 g/mol. The van der Waals surface area contributed by atoms with Crippen LogP contribution >= 0.6 is 0 Å². The number of hydrogen-bond acceptors (Lipinski definition) is 5. The van der Waals surface area contributed by atoms with E-state index in [0.717, 1.165) is 31.6 Å². The van der Waals surface area contributed by atoms with E-state index in [9.17, 15) is 4.79 Å². The smallest absolute Gasteiger partial charge is 0.254 e. The van der Waals surface area contributed by atoms with Crippen LogP contribution in [0.25, 0.3) is 0 Å². The Morgan fingerprint density at radius 3 is 3.10 bits per heavy atom. The van der Waals surface area contributed by atoms with Gasteiger partial charge >= 0.3 is 0 Å². The Bertz CT molecular complexity index is 476. The maximum absolute atomic E-state index is 12.6. The number of nitrogens with one attached hydrogen (secondary N) is 1. The Hall–Kier alpha value is -1.66. The maximum atomic E-state index is 12.6. The third-order valence-corrected chi connectivity index (χ3v) is 3.56. The number of hydrazine groups is 1. The Labute approximate surface area is 119 Å². The molecule has 0 saturated carbocycles. The molecule has 2 heterocycles. The Morgan fingerprint density at radius 1 is 1.60 bits per heavy atom. The summed E-state index contributed by atoms with van der Waals surface area (Å²) in [4.78, 5) is 18.6. The first-order chi connectivity index (χ1) is 9.63. The molecule has 1 atom stereocenters. The summed E-state index contributed by atoms with van der Waals surface area (Å²) in [6.07, 6.45) is 2.13. The number of likely N-dealkylation sites (tertiary alicyclic amines) is 1. The van der Waals surface area contributed by atoms with Gasteiger partial charge in [-0.15, -0.1) is 0 Å². The Balaban J connectivity index is 2.12. The van der Waals surface area contributed by atoms with E-state index < -0.39 is 0 Å². The van der Waals surface area contributed by atoms with Crippen molar-refractivity contribution >= 4 is 11.7 Å². The van der Waals surface area contributed by atoms with Gasteiger partial charge in [0.1, 0.15) is 5.82 Å². The largest absolute Gasteiger partial charge is 0.384 e. The molecular weight excluding hydrogens is 256 g/mol. The molecule has 6 nitrogen and oxygen atoms in total. The van der Waals surface area contributed by atoms with Gasteiger partial charge in [-0.3, -0.25) is 4.79 Å². The van der Waals surface area contributed by atoms with Crippen molar-refractivity contribution in [1.29, 1.82) is 0 Å². The fourth-order valence-corrected chi connectivity index (χ4v) is 2.67. The van der Waals surface area contributed by atoms with Gasteiger partial charge in [0.05, 0.1) is 6.61 Å². The first kappa shape index (κ1) is 14.7. The summed E-state index contributed by atoms with van der Waals surface area (Å²) >= 11 is 0. The molecule has 6 heteroatoms. The maximum Gasteiger partial charge on any atom is 0.254 e. The average Bonchev–Trinajstić information content (AvgIpc) is 2.46. The lowest BCUT2D eigenvalue weighted by atomic mass is 9.98. The molecule has 1 aromatic heterocycles. The van der Waals surface area contributed by atoms with Gasteiger partial charge in [-0.2, -0.15) is 0 Å². The van der Waals surface area contributed by atoms with Gasteiger partial charge in [0.2, 0.25) is 0 Å². The first-order valence-electron chi connectivity index (χ1n) is 6.87. The lowest BCUT2D eigenvalue weighted by molar-refractivity contribution is 0.0571. The van der Waals surface area contributed by atoms with Crippen LogP contribution in [0.3, 0.4) is 0 Å². The summed E-state index contributed by atoms with van der Waals surface area (Å²) < 4.78 is 5.20. The van der Waals surface area contributed by atoms with Crippen LogP contribution in [0, 0.1) is 12.8 Å². The summed E-state index contributed by atoms with van der Waals surface area (Å²) in [7, 11) is 1.70. The number of ether oxygens (including phenoxy) is 1. The second kappa shape index (κ2) is 6.67. The minimum absolute atomic E-state index is 0.0350. The number of methoxy groups -OCH3 is 1. The van der Waals surface area contributed by atoms with Crippen LogP contribution < -0.4 is 11.3 Å². The molecule has 1 aliphatic rings. The fourth-order valence-electron chi connectivity index (χ4n) is 2.67. The van der Waals surface area contributed by atoms with Crippen LogP contribution in [-0.2, 0) is 4.74 Å². The highest BCUT2D eigenvalue weighted by Crippen LogP contribution is 2.20. The molecule has 0 spiro atoms. The molecule has 1 fully saturated rings. The van der Waals surface area contributed by atoms with Crippen molar-refractivity contribution in [3.8, 4) is 0 Å². The van der Waals surface area contributed by atoms with E-state index >= 15 is 0 Å². The molecule has 1 amide bonds. The van der Waals surface area contributed by atoms with Crippen molar-refractivity contribution in [2.75, 3.05) is 32.2 Å². The van der Waals surface area contributed by atoms with E-state index in [-0.39, 0.29) is 5.91 Å². The fraction of sp³-hybridized carbons (Fsp3) is 0.571. The highest BCUT2D eigenvalue weighted by molar-refractivity contribution is 5.95. The molecule has 2 rings (SSSR count). The summed E-state index contributed by atoms with van der Waals surface area (Å²) in [5.41, 5.74) is 3.89. The van der Waals surface area contributed by atoms with Crippen LogP contribution in [0.4, 0.5) is 5.82 Å². The van der Waals surface area contributed by atoms with Crippen molar-refractivity contribution in [1.82, 2.24) is 9.88 Å². The predicted octanol–water partition coefficient (Wildman–Crippen LogP) is 1.17. The second-order valence-electron chi connectivity index (χ2n) is 5.24. The molecule has 0 aromatic carbocycles. The molecule has 0 radical (unpaired) electrons. The van der Waals surface area contributed by atoms with Crippen LogP contribution in [0.2, 0.25) is 0 Å². The number of nitrogens with two attached hydrogens (primary N) is 1. The molecule has 1 unspecified atom stereocenters. The lowest BCUT2D eigenvalue weighted by Gasteiger charge is -2.32. The number of anilines is 1. The first-order valence-corrected chi connectivity index (χ1v) is 6.87. The summed E-state index contributed by atoms with van der Waals surface area (Å²) in [5.74, 6) is 6.35. The topological polar surface area (TPSA) is 80.5 Å². The standard InChI is InChI=1S/C14H22N4O2/c1-10-6-12(7-13(16-10)17-15)14(19)18-5-3-4-11(8-18)9-20-2/h6-7,11H,3-5,8-9,15H2,1-2H3,(H,16,17). The van der Waals surface area contributed by atoms with Gasteiger partial charge in [0.15, 0.2) is 0 Å². The van der Waals surface area contributed by atoms with E-state index in [1.807, 2.05) is 11.8 Å². The van der Waals surface area contributed by atoms with Crippen molar-refractivity contribution in [2.45, 2.75) is 19.8 Å². The number of carbonyl (C=O) groups excluding carboxylic acids is 1. The third-order valence-electron chi connectivity index (χ3n) is 3.56. The van der Waals surface area contributed by atoms with Gasteiger partial charge in [0.25, 0.3) is 5.91 Å². The predicted molar refractivity (Wildman–Crippen MR) is 77.3 cm³/mol. The number of amides is 1. The van der Waals surface area contributed by atoms with Crippen molar-refractivity contribution in [2.24, 2.45) is 11.8 Å². The van der Waals surface area contributed by atoms with E-state index in [4.69, 9.17) is 10.6 Å². The average molecular weight is 278 g/mol. The van der Waals surface area contributed by atoms with Crippen LogP contribution in [0.1, 0.15) is 28.9 Å². The van der Waals surface area contributed by atoms with Crippen LogP contribution in [0.15, 0.2) is 12.1 Å². The molecular formula is C14H22N4O2. The summed E-state index contributed by atoms with van der Waals surface area (Å²) in [5, 5.41) is 0. The molecule has 1 aromatic rings. The Morgan fingerprint density at radius 2 is 2.40 bits per heavy atom. The van der Waals surface area contributed by atoms with Gasteiger partial charge in [-0.05, 0) is 37.8 Å². The van der Waals surface area contributed by atoms with Gasteiger partial charge in [-0.25, -0.2) is 10.8 Å². The number of rotatable bonds is 4. The number of pyridine rings is 1. The number of nitrogens with zero attached hydrogens (tertiary/aromatic N) is 2. The number of aromatic nitrogens is 1. The van der Waals surface area contributed by atoms with Crippen LogP contribution in [-0.4, -0.2) is 42.6 Å². The number of carbonyl (C=O) groups is 1. The highest BCUT2D eigenvalue weighted by Gasteiger charge is 2.24. The van der Waals surface area contributed by atoms with E-state index in [0.29, 0.717) is 23.9 Å². The Kier molecular flexibility index (Phi) is 4.92. The van der Waals surface area contributed by atoms with Gasteiger partial charge in [0, 0.05) is 31.5 Å². The summed E-state index contributed by atoms with van der Waals surface area (Å²) in [6.45, 7) is 4.10. The minimum atomic E-state index is 0.0350. The molecule has 1 aliphatic heterocycles. The number of nitrogen functional groups attached to an aromatic ring is 1. The quantitative estimate of drug-likeness (QED) is 0.638. The minimum Gasteiger partial charge on any atom is -0.384 e. The number of aryl methyl sites for hydroxylation is 1.